The first-order valence-corrected chi connectivity index (χ1v) is 13.6. The lowest BCUT2D eigenvalue weighted by Gasteiger charge is -2.25. The second-order valence-electron chi connectivity index (χ2n) is 7.74. The lowest BCUT2D eigenvalue weighted by Crippen LogP contribution is -2.39. The molecule has 0 aliphatic carbocycles. The van der Waals surface area contributed by atoms with E-state index >= 15 is 0 Å². The first-order chi connectivity index (χ1) is 15.7. The van der Waals surface area contributed by atoms with Crippen molar-refractivity contribution in [3.05, 3.63) is 90.0 Å². The molecule has 0 radical (unpaired) electrons. The molecule has 0 unspecified atom stereocenters. The van der Waals surface area contributed by atoms with Crippen LogP contribution in [-0.4, -0.2) is 43.0 Å². The van der Waals surface area contributed by atoms with Crippen LogP contribution in [-0.2, 0) is 20.0 Å². The fraction of sp³-hybridized carbons (Fsp3) is 0.250. The lowest BCUT2D eigenvalue weighted by atomic mass is 10.2. The van der Waals surface area contributed by atoms with Crippen LogP contribution in [0.2, 0.25) is 0 Å². The molecule has 0 spiro atoms. The van der Waals surface area contributed by atoms with Crippen LogP contribution in [0.1, 0.15) is 11.1 Å². The Morgan fingerprint density at radius 2 is 1.00 bits per heavy atom. The molecule has 0 atom stereocenters. The topological polar surface area (TPSA) is 95.6 Å². The molecule has 7 nitrogen and oxygen atoms in total. The van der Waals surface area contributed by atoms with Crippen LogP contribution < -0.4 is 14.3 Å². The van der Waals surface area contributed by atoms with E-state index < -0.39 is 20.0 Å². The normalized spacial score (nSPS) is 11.9. The Morgan fingerprint density at radius 3 is 1.39 bits per heavy atom. The Hall–Kier alpha value is -2.72. The van der Waals surface area contributed by atoms with Gasteiger partial charge in [0.1, 0.15) is 0 Å². The summed E-state index contributed by atoms with van der Waals surface area (Å²) in [4.78, 5) is 2.37. The third kappa shape index (κ3) is 7.13. The van der Waals surface area contributed by atoms with E-state index in [9.17, 15) is 16.8 Å². The SMILES string of the molecule is Cc1ccc(S(=O)(=O)NCCN(CCNS(=O)(=O)c2ccc(C)cc2)c2ccccc2)cc1. The van der Waals surface area contributed by atoms with Gasteiger partial charge in [0.2, 0.25) is 20.0 Å². The van der Waals surface area contributed by atoms with E-state index in [0.717, 1.165) is 16.8 Å². The lowest BCUT2D eigenvalue weighted by molar-refractivity contribution is 0.578. The molecular formula is C24H29N3O4S2. The number of nitrogens with zero attached hydrogens (tertiary/aromatic N) is 1. The first kappa shape index (κ1) is 24.9. The quantitative estimate of drug-likeness (QED) is 0.433. The van der Waals surface area contributed by atoms with Gasteiger partial charge < -0.3 is 4.90 Å². The molecule has 0 saturated heterocycles. The molecular weight excluding hydrogens is 458 g/mol. The molecule has 0 aliphatic heterocycles. The molecule has 0 aliphatic rings. The molecule has 2 N–H and O–H groups in total. The third-order valence-corrected chi connectivity index (χ3v) is 8.09. The molecule has 33 heavy (non-hydrogen) atoms. The maximum absolute atomic E-state index is 12.6. The van der Waals surface area contributed by atoms with Gasteiger partial charge in [-0.25, -0.2) is 26.3 Å². The molecule has 176 valence electrons. The summed E-state index contributed by atoms with van der Waals surface area (Å²) in [5.41, 5.74) is 2.84. The summed E-state index contributed by atoms with van der Waals surface area (Å²) in [6.45, 7) is 4.90. The van der Waals surface area contributed by atoms with Gasteiger partial charge >= 0.3 is 0 Å². The summed E-state index contributed by atoms with van der Waals surface area (Å²) in [6, 6.07) is 22.8. The van der Waals surface area contributed by atoms with Crippen LogP contribution in [0.3, 0.4) is 0 Å². The number of nitrogens with one attached hydrogen (secondary N) is 2. The summed E-state index contributed by atoms with van der Waals surface area (Å²) in [5, 5.41) is 0. The zero-order valence-electron chi connectivity index (χ0n) is 18.7. The Morgan fingerprint density at radius 1 is 0.606 bits per heavy atom. The maximum Gasteiger partial charge on any atom is 0.240 e. The molecule has 0 bridgehead atoms. The maximum atomic E-state index is 12.6. The zero-order chi connectivity index (χ0) is 23.9. The van der Waals surface area contributed by atoms with Crippen molar-refractivity contribution < 1.29 is 16.8 Å². The van der Waals surface area contributed by atoms with Crippen molar-refractivity contribution in [1.29, 1.82) is 0 Å². The number of rotatable bonds is 11. The fourth-order valence-corrected chi connectivity index (χ4v) is 5.28. The molecule has 9 heteroatoms. The number of para-hydroxylation sites is 1. The minimum atomic E-state index is -3.63. The van der Waals surface area contributed by atoms with Gasteiger partial charge in [-0.1, -0.05) is 53.6 Å². The molecule has 3 aromatic rings. The number of hydrogen-bond acceptors (Lipinski definition) is 5. The van der Waals surface area contributed by atoms with E-state index in [0.29, 0.717) is 13.1 Å². The second kappa shape index (κ2) is 10.9. The summed E-state index contributed by atoms with van der Waals surface area (Å²) in [7, 11) is -7.25. The Kier molecular flexibility index (Phi) is 8.25. The van der Waals surface area contributed by atoms with E-state index in [2.05, 4.69) is 9.44 Å². The Labute approximate surface area is 196 Å². The molecule has 0 heterocycles. The molecule has 0 aromatic heterocycles. The van der Waals surface area contributed by atoms with Crippen LogP contribution in [0.15, 0.2) is 88.7 Å². The number of sulfonamides is 2. The zero-order valence-corrected chi connectivity index (χ0v) is 20.4. The van der Waals surface area contributed by atoms with Gasteiger partial charge in [0.25, 0.3) is 0 Å². The van der Waals surface area contributed by atoms with Crippen molar-refractivity contribution in [3.63, 3.8) is 0 Å². The molecule has 3 rings (SSSR count). The van der Waals surface area contributed by atoms with Gasteiger partial charge in [-0.05, 0) is 50.2 Å². The Balaban J connectivity index is 1.62. The molecule has 0 amide bonds. The summed E-state index contributed by atoms with van der Waals surface area (Å²) in [6.07, 6.45) is 0. The van der Waals surface area contributed by atoms with Crippen molar-refractivity contribution in [1.82, 2.24) is 9.44 Å². The van der Waals surface area contributed by atoms with E-state index in [-0.39, 0.29) is 22.9 Å². The van der Waals surface area contributed by atoms with Gasteiger partial charge in [0, 0.05) is 31.9 Å². The number of hydrogen-bond donors (Lipinski definition) is 2. The van der Waals surface area contributed by atoms with E-state index in [1.165, 1.54) is 0 Å². The van der Waals surface area contributed by atoms with E-state index in [4.69, 9.17) is 0 Å². The van der Waals surface area contributed by atoms with Crippen molar-refractivity contribution in [3.8, 4) is 0 Å². The predicted octanol–water partition coefficient (Wildman–Crippen LogP) is 3.07. The van der Waals surface area contributed by atoms with Crippen molar-refractivity contribution in [2.75, 3.05) is 31.1 Å². The van der Waals surface area contributed by atoms with E-state index in [1.807, 2.05) is 49.1 Å². The second-order valence-corrected chi connectivity index (χ2v) is 11.3. The first-order valence-electron chi connectivity index (χ1n) is 10.6. The summed E-state index contributed by atoms with van der Waals surface area (Å²) in [5.74, 6) is 0. The third-order valence-electron chi connectivity index (χ3n) is 5.13. The van der Waals surface area contributed by atoms with Gasteiger partial charge in [-0.3, -0.25) is 0 Å². The molecule has 0 fully saturated rings. The average molecular weight is 488 g/mol. The van der Waals surface area contributed by atoms with Crippen LogP contribution in [0.25, 0.3) is 0 Å². The Bertz CT molecular complexity index is 1160. The minimum Gasteiger partial charge on any atom is -0.369 e. The average Bonchev–Trinajstić information content (AvgIpc) is 2.79. The van der Waals surface area contributed by atoms with E-state index in [1.54, 1.807) is 48.5 Å². The number of benzene rings is 3. The smallest absolute Gasteiger partial charge is 0.240 e. The van der Waals surface area contributed by atoms with Crippen LogP contribution in [0.4, 0.5) is 5.69 Å². The van der Waals surface area contributed by atoms with Crippen molar-refractivity contribution in [2.45, 2.75) is 23.6 Å². The summed E-state index contributed by atoms with van der Waals surface area (Å²) >= 11 is 0. The standard InChI is InChI=1S/C24H29N3O4S2/c1-20-8-12-23(13-9-20)32(28,29)25-16-18-27(22-6-4-3-5-7-22)19-17-26-33(30,31)24-14-10-21(2)11-15-24/h3-15,25-26H,16-19H2,1-2H3. The largest absolute Gasteiger partial charge is 0.369 e. The highest BCUT2D eigenvalue weighted by Gasteiger charge is 2.16. The van der Waals surface area contributed by atoms with Crippen molar-refractivity contribution >= 4 is 25.7 Å². The van der Waals surface area contributed by atoms with Gasteiger partial charge in [0.05, 0.1) is 9.79 Å². The number of aryl methyl sites for hydroxylation is 2. The van der Waals surface area contributed by atoms with Crippen molar-refractivity contribution in [2.24, 2.45) is 0 Å². The summed E-state index contributed by atoms with van der Waals surface area (Å²) < 4.78 is 55.5. The monoisotopic (exact) mass is 487 g/mol. The van der Waals surface area contributed by atoms with Gasteiger partial charge in [-0.2, -0.15) is 0 Å². The minimum absolute atomic E-state index is 0.176. The molecule has 3 aromatic carbocycles. The van der Waals surface area contributed by atoms with Gasteiger partial charge in [-0.15, -0.1) is 0 Å². The van der Waals surface area contributed by atoms with Crippen LogP contribution in [0.5, 0.6) is 0 Å². The highest BCUT2D eigenvalue weighted by molar-refractivity contribution is 7.89. The highest BCUT2D eigenvalue weighted by atomic mass is 32.2. The van der Waals surface area contributed by atoms with Crippen LogP contribution in [0, 0.1) is 13.8 Å². The van der Waals surface area contributed by atoms with Crippen LogP contribution >= 0.6 is 0 Å². The fourth-order valence-electron chi connectivity index (χ4n) is 3.24. The van der Waals surface area contributed by atoms with Gasteiger partial charge in [0.15, 0.2) is 0 Å². The highest BCUT2D eigenvalue weighted by Crippen LogP contribution is 2.14. The predicted molar refractivity (Wildman–Crippen MR) is 131 cm³/mol. The molecule has 0 saturated carbocycles. The number of anilines is 1.